The highest BCUT2D eigenvalue weighted by molar-refractivity contribution is 5.97. The Balaban J connectivity index is 2.72. The molecule has 1 N–H and O–H groups in total. The highest BCUT2D eigenvalue weighted by atomic mass is 16.5. The van der Waals surface area contributed by atoms with E-state index < -0.39 is 0 Å². The molecule has 0 radical (unpaired) electrons. The quantitative estimate of drug-likeness (QED) is 0.644. The van der Waals surface area contributed by atoms with E-state index in [1.165, 1.54) is 18.9 Å². The van der Waals surface area contributed by atoms with Crippen molar-refractivity contribution in [1.29, 1.82) is 0 Å². The monoisotopic (exact) mass is 200 g/mol. The maximum absolute atomic E-state index is 11.7. The second-order valence-electron chi connectivity index (χ2n) is 3.49. The molecule has 2 amide bonds. The molecule has 0 aliphatic carbocycles. The van der Waals surface area contributed by atoms with E-state index >= 15 is 0 Å². The van der Waals surface area contributed by atoms with Crippen LogP contribution in [0.4, 0.5) is 0 Å². The van der Waals surface area contributed by atoms with Crippen LogP contribution in [-0.2, 0) is 14.3 Å². The van der Waals surface area contributed by atoms with Crippen LogP contribution < -0.4 is 5.32 Å². The lowest BCUT2D eigenvalue weighted by atomic mass is 10.1. The molecule has 5 nitrogen and oxygen atoms in total. The van der Waals surface area contributed by atoms with Crippen LogP contribution in [0, 0.1) is 0 Å². The van der Waals surface area contributed by atoms with Gasteiger partial charge in [0.25, 0.3) is 0 Å². The lowest BCUT2D eigenvalue weighted by Gasteiger charge is -2.35. The number of rotatable bonds is 2. The molecule has 14 heavy (non-hydrogen) atoms. The van der Waals surface area contributed by atoms with Crippen LogP contribution in [0.3, 0.4) is 0 Å². The number of carbonyl (C=O) groups is 2. The molecule has 0 bridgehead atoms. The van der Waals surface area contributed by atoms with Crippen LogP contribution in [0.5, 0.6) is 0 Å². The van der Waals surface area contributed by atoms with Crippen LogP contribution in [-0.4, -0.2) is 49.1 Å². The first-order chi connectivity index (χ1) is 6.57. The number of hydrogen-bond donors (Lipinski definition) is 1. The second kappa shape index (κ2) is 4.52. The van der Waals surface area contributed by atoms with Crippen molar-refractivity contribution < 1.29 is 14.3 Å². The minimum Gasteiger partial charge on any atom is -0.383 e. The molecule has 0 spiro atoms. The molecule has 1 aliphatic heterocycles. The third-order valence-electron chi connectivity index (χ3n) is 2.31. The third-order valence-corrected chi connectivity index (χ3v) is 2.31. The zero-order valence-corrected chi connectivity index (χ0v) is 8.74. The molecule has 1 heterocycles. The van der Waals surface area contributed by atoms with Gasteiger partial charge in [0.05, 0.1) is 6.61 Å². The summed E-state index contributed by atoms with van der Waals surface area (Å²) >= 11 is 0. The van der Waals surface area contributed by atoms with Gasteiger partial charge in [-0.15, -0.1) is 0 Å². The highest BCUT2D eigenvalue weighted by Crippen LogP contribution is 2.08. The van der Waals surface area contributed by atoms with Crippen LogP contribution >= 0.6 is 0 Å². The van der Waals surface area contributed by atoms with Gasteiger partial charge in [0.15, 0.2) is 0 Å². The smallest absolute Gasteiger partial charge is 0.248 e. The molecule has 0 aromatic rings. The molecule has 80 valence electrons. The van der Waals surface area contributed by atoms with E-state index in [2.05, 4.69) is 5.32 Å². The maximum Gasteiger partial charge on any atom is 0.248 e. The molecule has 5 heteroatoms. The Bertz CT molecular complexity index is 242. The number of hydrogen-bond acceptors (Lipinski definition) is 4. The fourth-order valence-corrected chi connectivity index (χ4v) is 1.64. The zero-order chi connectivity index (χ0) is 10.7. The Morgan fingerprint density at radius 1 is 1.71 bits per heavy atom. The first kappa shape index (κ1) is 11.1. The standard InChI is InChI=1S/C9H16N2O3/c1-6-4-10-8(5-14-3)9(13)11(6)7(2)12/h6,8,10H,4-5H2,1-3H3/t6-,8?/m0/s1. The summed E-state index contributed by atoms with van der Waals surface area (Å²) in [5, 5.41) is 3.04. The number of piperazine rings is 1. The number of ether oxygens (including phenoxy) is 1. The Labute approximate surface area is 83.4 Å². The number of nitrogens with one attached hydrogen (secondary N) is 1. The minimum absolute atomic E-state index is 0.0758. The van der Waals surface area contributed by atoms with Crippen molar-refractivity contribution in [1.82, 2.24) is 10.2 Å². The topological polar surface area (TPSA) is 58.6 Å². The van der Waals surface area contributed by atoms with E-state index in [-0.39, 0.29) is 23.9 Å². The second-order valence-corrected chi connectivity index (χ2v) is 3.49. The van der Waals surface area contributed by atoms with Crippen molar-refractivity contribution >= 4 is 11.8 Å². The minimum atomic E-state index is -0.389. The number of amides is 2. The first-order valence-electron chi connectivity index (χ1n) is 4.64. The van der Waals surface area contributed by atoms with Crippen molar-refractivity contribution in [3.05, 3.63) is 0 Å². The molecule has 1 unspecified atom stereocenters. The largest absolute Gasteiger partial charge is 0.383 e. The Morgan fingerprint density at radius 2 is 2.36 bits per heavy atom. The zero-order valence-electron chi connectivity index (χ0n) is 8.74. The van der Waals surface area contributed by atoms with Gasteiger partial charge >= 0.3 is 0 Å². The summed E-state index contributed by atoms with van der Waals surface area (Å²) in [4.78, 5) is 24.2. The van der Waals surface area contributed by atoms with Crippen LogP contribution in [0.15, 0.2) is 0 Å². The lowest BCUT2D eigenvalue weighted by Crippen LogP contribution is -2.61. The Morgan fingerprint density at radius 3 is 2.86 bits per heavy atom. The highest BCUT2D eigenvalue weighted by Gasteiger charge is 2.34. The summed E-state index contributed by atoms with van der Waals surface area (Å²) < 4.78 is 4.89. The molecule has 0 saturated carbocycles. The molecule has 0 aromatic carbocycles. The van der Waals surface area contributed by atoms with Crippen molar-refractivity contribution in [2.75, 3.05) is 20.3 Å². The van der Waals surface area contributed by atoms with Crippen molar-refractivity contribution in [3.8, 4) is 0 Å². The van der Waals surface area contributed by atoms with Gasteiger partial charge in [-0.25, -0.2) is 0 Å². The van der Waals surface area contributed by atoms with Gasteiger partial charge in [-0.1, -0.05) is 0 Å². The van der Waals surface area contributed by atoms with E-state index in [1.54, 1.807) is 0 Å². The fourth-order valence-electron chi connectivity index (χ4n) is 1.64. The molecule has 0 aromatic heterocycles. The van der Waals surface area contributed by atoms with Crippen LogP contribution in [0.2, 0.25) is 0 Å². The van der Waals surface area contributed by atoms with E-state index in [0.717, 1.165) is 0 Å². The fraction of sp³-hybridized carbons (Fsp3) is 0.778. The summed E-state index contributed by atoms with van der Waals surface area (Å²) in [5.74, 6) is -0.400. The van der Waals surface area contributed by atoms with E-state index in [0.29, 0.717) is 13.2 Å². The average Bonchev–Trinajstić information content (AvgIpc) is 2.10. The van der Waals surface area contributed by atoms with Gasteiger partial charge in [-0.05, 0) is 6.92 Å². The third kappa shape index (κ3) is 2.10. The van der Waals surface area contributed by atoms with E-state index in [1.807, 2.05) is 6.92 Å². The number of imide groups is 1. The predicted octanol–water partition coefficient (Wildman–Crippen LogP) is -0.632. The molecule has 1 aliphatic rings. The van der Waals surface area contributed by atoms with Gasteiger partial charge in [-0.3, -0.25) is 14.5 Å². The molecular formula is C9H16N2O3. The van der Waals surface area contributed by atoms with Crippen molar-refractivity contribution in [3.63, 3.8) is 0 Å². The van der Waals surface area contributed by atoms with Gasteiger partial charge in [-0.2, -0.15) is 0 Å². The summed E-state index contributed by atoms with van der Waals surface area (Å²) in [6.45, 7) is 4.17. The van der Waals surface area contributed by atoms with Crippen LogP contribution in [0.25, 0.3) is 0 Å². The van der Waals surface area contributed by atoms with Crippen LogP contribution in [0.1, 0.15) is 13.8 Å². The SMILES string of the molecule is COCC1NC[C@H](C)N(C(C)=O)C1=O. The number of nitrogens with zero attached hydrogens (tertiary/aromatic N) is 1. The van der Waals surface area contributed by atoms with Gasteiger partial charge in [0.2, 0.25) is 11.8 Å². The Kier molecular flexibility index (Phi) is 3.60. The maximum atomic E-state index is 11.7. The summed E-state index contributed by atoms with van der Waals surface area (Å²) in [6.07, 6.45) is 0. The molecule has 1 rings (SSSR count). The van der Waals surface area contributed by atoms with Crippen molar-refractivity contribution in [2.45, 2.75) is 25.9 Å². The lowest BCUT2D eigenvalue weighted by molar-refractivity contribution is -0.150. The molecule has 1 fully saturated rings. The summed E-state index contributed by atoms with van der Waals surface area (Å²) in [7, 11) is 1.53. The summed E-state index contributed by atoms with van der Waals surface area (Å²) in [5.41, 5.74) is 0. The van der Waals surface area contributed by atoms with Gasteiger partial charge in [0, 0.05) is 26.6 Å². The molecule has 1 saturated heterocycles. The Hall–Kier alpha value is -0.940. The number of methoxy groups -OCH3 is 1. The normalized spacial score (nSPS) is 27.9. The van der Waals surface area contributed by atoms with E-state index in [9.17, 15) is 9.59 Å². The average molecular weight is 200 g/mol. The first-order valence-corrected chi connectivity index (χ1v) is 4.64. The predicted molar refractivity (Wildman–Crippen MR) is 50.7 cm³/mol. The molecule has 2 atom stereocenters. The van der Waals surface area contributed by atoms with Crippen molar-refractivity contribution in [2.24, 2.45) is 0 Å². The summed E-state index contributed by atoms with van der Waals surface area (Å²) in [6, 6.07) is -0.465. The van der Waals surface area contributed by atoms with Gasteiger partial charge < -0.3 is 10.1 Å². The number of carbonyl (C=O) groups excluding carboxylic acids is 2. The van der Waals surface area contributed by atoms with E-state index in [4.69, 9.17) is 4.74 Å². The molecular weight excluding hydrogens is 184 g/mol. The van der Waals surface area contributed by atoms with Gasteiger partial charge in [0.1, 0.15) is 6.04 Å².